The molecule has 2 aromatic rings. The molecule has 0 saturated carbocycles. The number of rotatable bonds is 5. The van der Waals surface area contributed by atoms with Crippen LogP contribution in [0.25, 0.3) is 0 Å². The summed E-state index contributed by atoms with van der Waals surface area (Å²) in [6, 6.07) is 7.67. The molecule has 1 atom stereocenters. The van der Waals surface area contributed by atoms with Crippen molar-refractivity contribution in [3.05, 3.63) is 46.6 Å². The summed E-state index contributed by atoms with van der Waals surface area (Å²) in [7, 11) is 2.16. The lowest BCUT2D eigenvalue weighted by molar-refractivity contribution is 0.216. The number of aryl methyl sites for hydroxylation is 3. The summed E-state index contributed by atoms with van der Waals surface area (Å²) in [6.45, 7) is 5.94. The molecule has 4 rings (SSSR count). The first-order chi connectivity index (χ1) is 11.7. The second kappa shape index (κ2) is 6.65. The van der Waals surface area contributed by atoms with Gasteiger partial charge in [0.2, 0.25) is 5.89 Å². The summed E-state index contributed by atoms with van der Waals surface area (Å²) >= 11 is 0. The van der Waals surface area contributed by atoms with Crippen molar-refractivity contribution in [2.75, 3.05) is 20.1 Å². The van der Waals surface area contributed by atoms with E-state index in [9.17, 15) is 0 Å². The molecule has 1 unspecified atom stereocenters. The third-order valence-electron chi connectivity index (χ3n) is 5.40. The Balaban J connectivity index is 1.32. The van der Waals surface area contributed by atoms with Gasteiger partial charge in [-0.1, -0.05) is 23.4 Å². The Hall–Kier alpha value is -1.72. The molecule has 0 bridgehead atoms. The molecule has 0 N–H and O–H groups in total. The fourth-order valence-electron chi connectivity index (χ4n) is 4.06. The van der Waals surface area contributed by atoms with Crippen LogP contribution in [0, 0.1) is 6.92 Å². The fourth-order valence-corrected chi connectivity index (χ4v) is 4.06. The topological polar surface area (TPSA) is 45.4 Å². The minimum Gasteiger partial charge on any atom is -0.340 e. The van der Waals surface area contributed by atoms with Gasteiger partial charge in [0.25, 0.3) is 0 Å². The van der Waals surface area contributed by atoms with Crippen LogP contribution < -0.4 is 0 Å². The van der Waals surface area contributed by atoms with Gasteiger partial charge in [0.1, 0.15) is 0 Å². The van der Waals surface area contributed by atoms with E-state index in [1.165, 1.54) is 31.2 Å². The normalized spacial score (nSPS) is 20.9. The highest BCUT2D eigenvalue weighted by atomic mass is 16.5. The van der Waals surface area contributed by atoms with Crippen LogP contribution in [-0.2, 0) is 25.9 Å². The molecule has 1 saturated heterocycles. The lowest BCUT2D eigenvalue weighted by Gasteiger charge is -2.23. The van der Waals surface area contributed by atoms with Crippen molar-refractivity contribution >= 4 is 0 Å². The van der Waals surface area contributed by atoms with Crippen molar-refractivity contribution in [1.29, 1.82) is 0 Å². The lowest BCUT2D eigenvalue weighted by atomic mass is 10.1. The van der Waals surface area contributed by atoms with Crippen molar-refractivity contribution in [3.8, 4) is 0 Å². The molecule has 24 heavy (non-hydrogen) atoms. The second-order valence-corrected chi connectivity index (χ2v) is 7.28. The zero-order chi connectivity index (χ0) is 16.5. The van der Waals surface area contributed by atoms with E-state index >= 15 is 0 Å². The summed E-state index contributed by atoms with van der Waals surface area (Å²) in [5.41, 5.74) is 4.61. The Bertz CT molecular complexity index is 711. The third-order valence-corrected chi connectivity index (χ3v) is 5.40. The van der Waals surface area contributed by atoms with Crippen molar-refractivity contribution in [2.24, 2.45) is 0 Å². The number of hydrogen-bond acceptors (Lipinski definition) is 5. The Kier molecular flexibility index (Phi) is 4.37. The Labute approximate surface area is 143 Å². The lowest BCUT2D eigenvalue weighted by Crippen LogP contribution is -2.34. The van der Waals surface area contributed by atoms with Crippen LogP contribution in [0.15, 0.2) is 22.7 Å². The van der Waals surface area contributed by atoms with Gasteiger partial charge in [-0.3, -0.25) is 9.80 Å². The van der Waals surface area contributed by atoms with Gasteiger partial charge in [0.05, 0.1) is 6.54 Å². The van der Waals surface area contributed by atoms with Crippen LogP contribution >= 0.6 is 0 Å². The van der Waals surface area contributed by atoms with Crippen molar-refractivity contribution in [1.82, 2.24) is 19.9 Å². The molecular weight excluding hydrogens is 300 g/mol. The average molecular weight is 326 g/mol. The molecule has 1 aromatic heterocycles. The van der Waals surface area contributed by atoms with E-state index in [0.717, 1.165) is 32.0 Å². The predicted octanol–water partition coefficient (Wildman–Crippen LogP) is 2.57. The maximum atomic E-state index is 5.07. The zero-order valence-electron chi connectivity index (χ0n) is 14.7. The first-order valence-corrected chi connectivity index (χ1v) is 9.00. The first-order valence-electron chi connectivity index (χ1n) is 9.00. The monoisotopic (exact) mass is 326 g/mol. The fraction of sp³-hybridized carbons (Fsp3) is 0.579. The van der Waals surface area contributed by atoms with E-state index in [0.29, 0.717) is 11.9 Å². The summed E-state index contributed by atoms with van der Waals surface area (Å²) in [6.07, 6.45) is 5.06. The third kappa shape index (κ3) is 3.37. The zero-order valence-corrected chi connectivity index (χ0v) is 14.7. The Morgan fingerprint density at radius 2 is 2.17 bits per heavy atom. The van der Waals surface area contributed by atoms with Crippen LogP contribution in [0.2, 0.25) is 0 Å². The first kappa shape index (κ1) is 15.8. The van der Waals surface area contributed by atoms with Gasteiger partial charge in [0.15, 0.2) is 5.82 Å². The molecule has 5 heteroatoms. The molecule has 128 valence electrons. The van der Waals surface area contributed by atoms with E-state index < -0.39 is 0 Å². The molecule has 5 nitrogen and oxygen atoms in total. The smallest absolute Gasteiger partial charge is 0.223 e. The second-order valence-electron chi connectivity index (χ2n) is 7.28. The van der Waals surface area contributed by atoms with Crippen LogP contribution in [-0.4, -0.2) is 46.1 Å². The van der Waals surface area contributed by atoms with Crippen molar-refractivity contribution in [3.63, 3.8) is 0 Å². The highest BCUT2D eigenvalue weighted by Gasteiger charge is 2.26. The number of hydrogen-bond donors (Lipinski definition) is 0. The van der Waals surface area contributed by atoms with Gasteiger partial charge in [-0.15, -0.1) is 0 Å². The predicted molar refractivity (Wildman–Crippen MR) is 92.7 cm³/mol. The Morgan fingerprint density at radius 3 is 3.00 bits per heavy atom. The Morgan fingerprint density at radius 1 is 1.29 bits per heavy atom. The number of likely N-dealkylation sites (tertiary alicyclic amines) is 1. The number of nitrogens with zero attached hydrogens (tertiary/aromatic N) is 4. The number of benzene rings is 1. The van der Waals surface area contributed by atoms with Gasteiger partial charge in [0, 0.05) is 32.6 Å². The number of aromatic nitrogens is 2. The molecule has 0 spiro atoms. The maximum absolute atomic E-state index is 5.07. The van der Waals surface area contributed by atoms with Crippen molar-refractivity contribution in [2.45, 2.75) is 51.7 Å². The molecule has 1 aliphatic heterocycles. The highest BCUT2D eigenvalue weighted by Crippen LogP contribution is 2.24. The molecule has 2 aliphatic rings. The number of likely N-dealkylation sites (N-methyl/N-ethyl adjacent to an activating group) is 1. The van der Waals surface area contributed by atoms with Gasteiger partial charge in [-0.05, 0) is 49.4 Å². The van der Waals surface area contributed by atoms with E-state index in [1.807, 2.05) is 6.92 Å². The van der Waals surface area contributed by atoms with Crippen LogP contribution in [0.3, 0.4) is 0 Å². The summed E-state index contributed by atoms with van der Waals surface area (Å²) in [5, 5.41) is 4.01. The van der Waals surface area contributed by atoms with Gasteiger partial charge in [-0.2, -0.15) is 4.98 Å². The van der Waals surface area contributed by atoms with E-state index in [1.54, 1.807) is 11.1 Å². The van der Waals surface area contributed by atoms with E-state index in [2.05, 4.69) is 45.2 Å². The van der Waals surface area contributed by atoms with Crippen LogP contribution in [0.1, 0.15) is 41.2 Å². The standard InChI is InChI=1S/C19H26N4O/c1-14-20-19(21-24-14)13-22(2)18-8-9-23(12-18)11-15-6-7-16-4-3-5-17(16)10-15/h6-7,10,18H,3-5,8-9,11-13H2,1-2H3. The largest absolute Gasteiger partial charge is 0.340 e. The number of fused-ring (bicyclic) bond motifs is 1. The molecule has 1 fully saturated rings. The molecule has 0 radical (unpaired) electrons. The molecule has 1 aromatic carbocycles. The average Bonchev–Trinajstić information content (AvgIpc) is 3.28. The van der Waals surface area contributed by atoms with Crippen LogP contribution in [0.4, 0.5) is 0 Å². The summed E-state index contributed by atoms with van der Waals surface area (Å²) in [5.74, 6) is 1.43. The molecule has 0 amide bonds. The highest BCUT2D eigenvalue weighted by molar-refractivity contribution is 5.35. The van der Waals surface area contributed by atoms with Gasteiger partial charge >= 0.3 is 0 Å². The van der Waals surface area contributed by atoms with Crippen molar-refractivity contribution < 1.29 is 4.52 Å². The summed E-state index contributed by atoms with van der Waals surface area (Å²) in [4.78, 5) is 9.23. The molecule has 1 aliphatic carbocycles. The van der Waals surface area contributed by atoms with E-state index in [-0.39, 0.29) is 0 Å². The molecular formula is C19H26N4O. The minimum absolute atomic E-state index is 0.568. The quantitative estimate of drug-likeness (QED) is 0.845. The maximum Gasteiger partial charge on any atom is 0.223 e. The minimum atomic E-state index is 0.568. The molecule has 2 heterocycles. The van der Waals surface area contributed by atoms with Crippen LogP contribution in [0.5, 0.6) is 0 Å². The van der Waals surface area contributed by atoms with Gasteiger partial charge < -0.3 is 4.52 Å². The SMILES string of the molecule is Cc1nc(CN(C)C2CCN(Cc3ccc4c(c3)CCC4)C2)no1. The summed E-state index contributed by atoms with van der Waals surface area (Å²) < 4.78 is 5.07. The van der Waals surface area contributed by atoms with Gasteiger partial charge in [-0.25, -0.2) is 0 Å². The van der Waals surface area contributed by atoms with E-state index in [4.69, 9.17) is 4.52 Å².